The fourth-order valence-electron chi connectivity index (χ4n) is 2.41. The van der Waals surface area contributed by atoms with Gasteiger partial charge in [0.1, 0.15) is 5.82 Å². The van der Waals surface area contributed by atoms with Crippen LogP contribution in [0.2, 0.25) is 5.02 Å². The molecule has 0 aliphatic rings. The molecule has 1 amide bonds. The Kier molecular flexibility index (Phi) is 5.13. The molecule has 134 valence electrons. The van der Waals surface area contributed by atoms with Gasteiger partial charge in [-0.25, -0.2) is 9.07 Å². The Morgan fingerprint density at radius 2 is 2.12 bits per heavy atom. The number of benzene rings is 1. The van der Waals surface area contributed by atoms with Crippen molar-refractivity contribution in [2.75, 3.05) is 12.4 Å². The van der Waals surface area contributed by atoms with Crippen LogP contribution in [-0.2, 0) is 6.42 Å². The summed E-state index contributed by atoms with van der Waals surface area (Å²) < 4.78 is 19.8. The van der Waals surface area contributed by atoms with E-state index in [1.807, 2.05) is 6.92 Å². The first-order chi connectivity index (χ1) is 12.5. The lowest BCUT2D eigenvalue weighted by Gasteiger charge is -2.08. The van der Waals surface area contributed by atoms with E-state index in [0.29, 0.717) is 35.1 Å². The standard InChI is InChI=1S/C17H15ClFN5O2/c1-3-14-11(17(25)21-10-4-5-13(19)12(18)8-10)9-20-24(14)15-6-7-16(26-2)23-22-15/h4-9H,3H2,1-2H3,(H,21,25). The molecular weight excluding hydrogens is 361 g/mol. The van der Waals surface area contributed by atoms with Crippen LogP contribution in [0.15, 0.2) is 36.5 Å². The van der Waals surface area contributed by atoms with Crippen molar-refractivity contribution in [2.24, 2.45) is 0 Å². The van der Waals surface area contributed by atoms with Crippen LogP contribution in [0.3, 0.4) is 0 Å². The predicted octanol–water partition coefficient (Wildman–Crippen LogP) is 3.28. The molecule has 1 N–H and O–H groups in total. The molecular formula is C17H15ClFN5O2. The number of amides is 1. The van der Waals surface area contributed by atoms with Crippen molar-refractivity contribution in [3.8, 4) is 11.7 Å². The van der Waals surface area contributed by atoms with Crippen LogP contribution in [0.1, 0.15) is 23.0 Å². The fourth-order valence-corrected chi connectivity index (χ4v) is 2.59. The summed E-state index contributed by atoms with van der Waals surface area (Å²) in [6.07, 6.45) is 1.99. The van der Waals surface area contributed by atoms with Crippen LogP contribution in [0.25, 0.3) is 5.82 Å². The molecule has 0 spiro atoms. The Bertz CT molecular complexity index is 943. The van der Waals surface area contributed by atoms with Crippen LogP contribution >= 0.6 is 11.6 Å². The number of nitrogens with zero attached hydrogens (tertiary/aromatic N) is 4. The first-order valence-corrected chi connectivity index (χ1v) is 8.12. The van der Waals surface area contributed by atoms with Gasteiger partial charge in [0.2, 0.25) is 5.88 Å². The molecule has 2 heterocycles. The third-order valence-corrected chi connectivity index (χ3v) is 3.97. The van der Waals surface area contributed by atoms with Gasteiger partial charge in [-0.1, -0.05) is 18.5 Å². The maximum Gasteiger partial charge on any atom is 0.259 e. The molecule has 0 fully saturated rings. The second kappa shape index (κ2) is 7.49. The molecule has 0 radical (unpaired) electrons. The number of ether oxygens (including phenoxy) is 1. The molecule has 0 atom stereocenters. The highest BCUT2D eigenvalue weighted by Crippen LogP contribution is 2.21. The molecule has 7 nitrogen and oxygen atoms in total. The minimum absolute atomic E-state index is 0.0669. The lowest BCUT2D eigenvalue weighted by molar-refractivity contribution is 0.102. The fraction of sp³-hybridized carbons (Fsp3) is 0.176. The summed E-state index contributed by atoms with van der Waals surface area (Å²) in [6, 6.07) is 7.32. The Morgan fingerprint density at radius 3 is 2.73 bits per heavy atom. The highest BCUT2D eigenvalue weighted by molar-refractivity contribution is 6.31. The number of halogens is 2. The van der Waals surface area contributed by atoms with Crippen LogP contribution in [0, 0.1) is 5.82 Å². The zero-order valence-electron chi connectivity index (χ0n) is 14.0. The maximum absolute atomic E-state index is 13.2. The Morgan fingerprint density at radius 1 is 1.31 bits per heavy atom. The average molecular weight is 376 g/mol. The minimum Gasteiger partial charge on any atom is -0.480 e. The van der Waals surface area contributed by atoms with Crippen molar-refractivity contribution in [2.45, 2.75) is 13.3 Å². The number of aromatic nitrogens is 4. The van der Waals surface area contributed by atoms with E-state index in [1.165, 1.54) is 31.5 Å². The SMILES string of the molecule is CCc1c(C(=O)Nc2ccc(F)c(Cl)c2)cnn1-c1ccc(OC)nn1. The second-order valence-electron chi connectivity index (χ2n) is 5.29. The molecule has 0 aliphatic carbocycles. The average Bonchev–Trinajstić information content (AvgIpc) is 3.09. The number of methoxy groups -OCH3 is 1. The summed E-state index contributed by atoms with van der Waals surface area (Å²) >= 11 is 5.74. The molecule has 1 aromatic carbocycles. The molecule has 0 aliphatic heterocycles. The molecule has 0 saturated carbocycles. The van der Waals surface area contributed by atoms with E-state index in [9.17, 15) is 9.18 Å². The monoisotopic (exact) mass is 375 g/mol. The van der Waals surface area contributed by atoms with E-state index in [1.54, 1.807) is 16.8 Å². The third-order valence-electron chi connectivity index (χ3n) is 3.68. The molecule has 9 heteroatoms. The van der Waals surface area contributed by atoms with E-state index < -0.39 is 5.82 Å². The first kappa shape index (κ1) is 17.8. The molecule has 2 aromatic heterocycles. The summed E-state index contributed by atoms with van der Waals surface area (Å²) in [5, 5.41) is 14.8. The van der Waals surface area contributed by atoms with Crippen LogP contribution in [0.5, 0.6) is 5.88 Å². The quantitative estimate of drug-likeness (QED) is 0.740. The van der Waals surface area contributed by atoms with Gasteiger partial charge < -0.3 is 10.1 Å². The van der Waals surface area contributed by atoms with Gasteiger partial charge in [-0.2, -0.15) is 5.10 Å². The van der Waals surface area contributed by atoms with Gasteiger partial charge in [0.25, 0.3) is 5.91 Å². The second-order valence-corrected chi connectivity index (χ2v) is 5.69. The van der Waals surface area contributed by atoms with Gasteiger partial charge in [0.05, 0.1) is 29.6 Å². The summed E-state index contributed by atoms with van der Waals surface area (Å²) in [7, 11) is 1.50. The van der Waals surface area contributed by atoms with E-state index in [0.717, 1.165) is 0 Å². The van der Waals surface area contributed by atoms with Gasteiger partial charge in [-0.3, -0.25) is 4.79 Å². The van der Waals surface area contributed by atoms with E-state index in [2.05, 4.69) is 20.6 Å². The Labute approximate surface area is 153 Å². The number of nitrogens with one attached hydrogen (secondary N) is 1. The van der Waals surface area contributed by atoms with Crippen molar-refractivity contribution < 1.29 is 13.9 Å². The van der Waals surface area contributed by atoms with Gasteiger partial charge in [-0.05, 0) is 30.7 Å². The largest absolute Gasteiger partial charge is 0.480 e. The number of rotatable bonds is 5. The lowest BCUT2D eigenvalue weighted by atomic mass is 10.2. The van der Waals surface area contributed by atoms with Crippen molar-refractivity contribution in [3.63, 3.8) is 0 Å². The summed E-state index contributed by atoms with van der Waals surface area (Å²) in [5.41, 5.74) is 1.43. The molecule has 0 bridgehead atoms. The lowest BCUT2D eigenvalue weighted by Crippen LogP contribution is -2.14. The zero-order chi connectivity index (χ0) is 18.7. The Balaban J connectivity index is 1.88. The van der Waals surface area contributed by atoms with Crippen LogP contribution in [0.4, 0.5) is 10.1 Å². The molecule has 0 saturated heterocycles. The number of anilines is 1. The van der Waals surface area contributed by atoms with Gasteiger partial charge in [-0.15, -0.1) is 10.2 Å². The van der Waals surface area contributed by atoms with E-state index in [4.69, 9.17) is 16.3 Å². The van der Waals surface area contributed by atoms with Gasteiger partial charge in [0, 0.05) is 11.8 Å². The number of hydrogen-bond acceptors (Lipinski definition) is 5. The summed E-state index contributed by atoms with van der Waals surface area (Å²) in [5.74, 6) is -0.0845. The normalized spacial score (nSPS) is 10.6. The highest BCUT2D eigenvalue weighted by atomic mass is 35.5. The maximum atomic E-state index is 13.2. The zero-order valence-corrected chi connectivity index (χ0v) is 14.8. The highest BCUT2D eigenvalue weighted by Gasteiger charge is 2.18. The third kappa shape index (κ3) is 3.50. The van der Waals surface area contributed by atoms with Crippen molar-refractivity contribution in [1.82, 2.24) is 20.0 Å². The minimum atomic E-state index is -0.551. The van der Waals surface area contributed by atoms with Gasteiger partial charge >= 0.3 is 0 Å². The molecule has 3 rings (SSSR count). The number of carbonyl (C=O) groups is 1. The topological polar surface area (TPSA) is 81.9 Å². The predicted molar refractivity (Wildman–Crippen MR) is 94.4 cm³/mol. The van der Waals surface area contributed by atoms with Gasteiger partial charge in [0.15, 0.2) is 5.82 Å². The molecule has 3 aromatic rings. The van der Waals surface area contributed by atoms with E-state index in [-0.39, 0.29) is 10.9 Å². The molecule has 26 heavy (non-hydrogen) atoms. The molecule has 0 unspecified atom stereocenters. The first-order valence-electron chi connectivity index (χ1n) is 7.75. The summed E-state index contributed by atoms with van der Waals surface area (Å²) in [6.45, 7) is 1.90. The van der Waals surface area contributed by atoms with E-state index >= 15 is 0 Å². The summed E-state index contributed by atoms with van der Waals surface area (Å²) in [4.78, 5) is 12.6. The van der Waals surface area contributed by atoms with Crippen LogP contribution in [-0.4, -0.2) is 33.0 Å². The number of carbonyl (C=O) groups excluding carboxylic acids is 1. The van der Waals surface area contributed by atoms with Crippen molar-refractivity contribution >= 4 is 23.2 Å². The van der Waals surface area contributed by atoms with Crippen molar-refractivity contribution in [1.29, 1.82) is 0 Å². The van der Waals surface area contributed by atoms with Crippen molar-refractivity contribution in [3.05, 3.63) is 58.6 Å². The smallest absolute Gasteiger partial charge is 0.259 e. The van der Waals surface area contributed by atoms with Crippen LogP contribution < -0.4 is 10.1 Å². The number of hydrogen-bond donors (Lipinski definition) is 1. The Hall–Kier alpha value is -3.00.